The summed E-state index contributed by atoms with van der Waals surface area (Å²) in [6, 6.07) is 0. The number of aliphatic imine (C=N–C) groups is 1. The van der Waals surface area contributed by atoms with Gasteiger partial charge in [-0.15, -0.1) is 0 Å². The molecule has 64 valence electrons. The molecule has 1 aromatic rings. The van der Waals surface area contributed by atoms with E-state index in [0.717, 1.165) is 0 Å². The maximum Gasteiger partial charge on any atom is 0.278 e. The van der Waals surface area contributed by atoms with Crippen LogP contribution in [0.25, 0.3) is 0 Å². The number of halogens is 1. The zero-order valence-electron chi connectivity index (χ0n) is 5.81. The van der Waals surface area contributed by atoms with E-state index in [1.165, 1.54) is 10.8 Å². The van der Waals surface area contributed by atoms with Gasteiger partial charge in [0.1, 0.15) is 0 Å². The van der Waals surface area contributed by atoms with Crippen molar-refractivity contribution in [2.75, 3.05) is 0 Å². The molecule has 1 aliphatic rings. The molecule has 0 radical (unpaired) electrons. The van der Waals surface area contributed by atoms with Gasteiger partial charge >= 0.3 is 0 Å². The quantitative estimate of drug-likeness (QED) is 0.628. The monoisotopic (exact) mass is 205 g/mol. The molecule has 1 aliphatic heterocycles. The fourth-order valence-corrected chi connectivity index (χ4v) is 1.99. The van der Waals surface area contributed by atoms with E-state index in [2.05, 4.69) is 9.98 Å². The highest BCUT2D eigenvalue weighted by molar-refractivity contribution is 8.13. The molecule has 0 aliphatic carbocycles. The van der Waals surface area contributed by atoms with Gasteiger partial charge in [0.2, 0.25) is 5.95 Å². The predicted octanol–water partition coefficient (Wildman–Crippen LogP) is 0.526. The first kappa shape index (κ1) is 7.75. The molecule has 0 saturated carbocycles. The molecule has 7 heteroatoms. The number of aromatic nitrogens is 2. The second-order valence-electron chi connectivity index (χ2n) is 2.26. The minimum Gasteiger partial charge on any atom is -0.293 e. The fraction of sp³-hybridized carbons (Fsp3) is 0.200. The third kappa shape index (κ3) is 1.03. The number of nitrogens with zero attached hydrogens (tertiary/aromatic N) is 3. The van der Waals surface area contributed by atoms with E-state index >= 15 is 0 Å². The standard InChI is InChI=1S/C5H4ClN3O2S/c6-12(10,11)4-3-8-5-7-1-2-9(4)5/h1,3H,2H2. The highest BCUT2D eigenvalue weighted by Crippen LogP contribution is 2.23. The van der Waals surface area contributed by atoms with E-state index in [9.17, 15) is 8.42 Å². The van der Waals surface area contributed by atoms with E-state index in [-0.39, 0.29) is 5.03 Å². The fourth-order valence-electron chi connectivity index (χ4n) is 1.02. The molecular formula is C5H4ClN3O2S. The maximum absolute atomic E-state index is 10.9. The van der Waals surface area contributed by atoms with Crippen LogP contribution in [0, 0.1) is 0 Å². The number of hydrogen-bond donors (Lipinski definition) is 0. The van der Waals surface area contributed by atoms with Crippen LogP contribution in [0.5, 0.6) is 0 Å². The third-order valence-corrected chi connectivity index (χ3v) is 2.82. The summed E-state index contributed by atoms with van der Waals surface area (Å²) in [4.78, 5) is 7.60. The molecule has 0 amide bonds. The van der Waals surface area contributed by atoms with Crippen molar-refractivity contribution in [1.29, 1.82) is 0 Å². The van der Waals surface area contributed by atoms with E-state index in [1.54, 1.807) is 6.21 Å². The Labute approximate surface area is 73.1 Å². The average Bonchev–Trinajstić information content (AvgIpc) is 2.37. The third-order valence-electron chi connectivity index (χ3n) is 1.52. The Morgan fingerprint density at radius 2 is 2.33 bits per heavy atom. The number of fused-ring (bicyclic) bond motifs is 1. The molecule has 0 unspecified atom stereocenters. The van der Waals surface area contributed by atoms with Crippen molar-refractivity contribution < 1.29 is 8.42 Å². The second kappa shape index (κ2) is 2.30. The first-order chi connectivity index (χ1) is 5.59. The topological polar surface area (TPSA) is 64.3 Å². The van der Waals surface area contributed by atoms with Crippen LogP contribution in [0.2, 0.25) is 0 Å². The normalized spacial score (nSPS) is 15.1. The molecule has 5 nitrogen and oxygen atoms in total. The van der Waals surface area contributed by atoms with Crippen LogP contribution in [-0.4, -0.2) is 24.2 Å². The van der Waals surface area contributed by atoms with Gasteiger partial charge in [-0.2, -0.15) is 0 Å². The molecule has 0 atom stereocenters. The van der Waals surface area contributed by atoms with E-state index in [4.69, 9.17) is 10.7 Å². The van der Waals surface area contributed by atoms with Gasteiger partial charge in [0, 0.05) is 16.9 Å². The Kier molecular flexibility index (Phi) is 1.49. The molecule has 0 spiro atoms. The van der Waals surface area contributed by atoms with Crippen molar-refractivity contribution in [3.63, 3.8) is 0 Å². The van der Waals surface area contributed by atoms with Crippen molar-refractivity contribution in [1.82, 2.24) is 9.55 Å². The Hall–Kier alpha value is -0.880. The van der Waals surface area contributed by atoms with Crippen LogP contribution in [-0.2, 0) is 15.6 Å². The lowest BCUT2D eigenvalue weighted by molar-refractivity contribution is 0.599. The van der Waals surface area contributed by atoms with Crippen molar-refractivity contribution >= 4 is 31.9 Å². The summed E-state index contributed by atoms with van der Waals surface area (Å²) < 4.78 is 23.2. The summed E-state index contributed by atoms with van der Waals surface area (Å²) in [6.07, 6.45) is 2.78. The summed E-state index contributed by atoms with van der Waals surface area (Å²) in [5.74, 6) is 0.384. The van der Waals surface area contributed by atoms with Gasteiger partial charge in [0.05, 0.1) is 12.7 Å². The van der Waals surface area contributed by atoms with Crippen LogP contribution >= 0.6 is 10.7 Å². The lowest BCUT2D eigenvalue weighted by atomic mass is 10.7. The minimum absolute atomic E-state index is 0.00309. The Balaban J connectivity index is 2.65. The predicted molar refractivity (Wildman–Crippen MR) is 43.4 cm³/mol. The maximum atomic E-state index is 10.9. The first-order valence-electron chi connectivity index (χ1n) is 3.12. The van der Waals surface area contributed by atoms with Gasteiger partial charge in [-0.05, 0) is 0 Å². The van der Waals surface area contributed by atoms with Crippen molar-refractivity contribution in [3.05, 3.63) is 6.20 Å². The number of rotatable bonds is 1. The molecule has 0 fully saturated rings. The van der Waals surface area contributed by atoms with Crippen molar-refractivity contribution in [2.45, 2.75) is 11.6 Å². The van der Waals surface area contributed by atoms with E-state index < -0.39 is 9.05 Å². The summed E-state index contributed by atoms with van der Waals surface area (Å²) >= 11 is 0. The van der Waals surface area contributed by atoms with Gasteiger partial charge in [-0.25, -0.2) is 18.4 Å². The Morgan fingerprint density at radius 3 is 3.00 bits per heavy atom. The molecule has 12 heavy (non-hydrogen) atoms. The average molecular weight is 206 g/mol. The summed E-state index contributed by atoms with van der Waals surface area (Å²) in [5.41, 5.74) is 0. The lowest BCUT2D eigenvalue weighted by Gasteiger charge is -1.97. The molecule has 2 heterocycles. The van der Waals surface area contributed by atoms with Gasteiger partial charge in [-0.1, -0.05) is 0 Å². The highest BCUT2D eigenvalue weighted by atomic mass is 35.7. The van der Waals surface area contributed by atoms with Gasteiger partial charge < -0.3 is 0 Å². The second-order valence-corrected chi connectivity index (χ2v) is 4.77. The summed E-state index contributed by atoms with van der Waals surface area (Å²) in [5, 5.41) is -0.00309. The SMILES string of the molecule is O=S(=O)(Cl)c1cnc2n1CC=N2. The number of hydrogen-bond acceptors (Lipinski definition) is 4. The Bertz CT molecular complexity index is 447. The zero-order chi connectivity index (χ0) is 8.77. The molecule has 0 bridgehead atoms. The van der Waals surface area contributed by atoms with Crippen molar-refractivity contribution in [3.8, 4) is 0 Å². The largest absolute Gasteiger partial charge is 0.293 e. The molecule has 2 rings (SSSR count). The molecular weight excluding hydrogens is 202 g/mol. The van der Waals surface area contributed by atoms with E-state index in [0.29, 0.717) is 12.5 Å². The van der Waals surface area contributed by atoms with E-state index in [1.807, 2.05) is 0 Å². The van der Waals surface area contributed by atoms with Crippen LogP contribution in [0.3, 0.4) is 0 Å². The molecule has 0 N–H and O–H groups in total. The summed E-state index contributed by atoms with van der Waals surface area (Å²) in [6.45, 7) is 0.413. The van der Waals surface area contributed by atoms with Crippen LogP contribution in [0.1, 0.15) is 0 Å². The van der Waals surface area contributed by atoms with Gasteiger partial charge in [-0.3, -0.25) is 4.57 Å². The van der Waals surface area contributed by atoms with Crippen LogP contribution < -0.4 is 0 Å². The minimum atomic E-state index is -3.69. The van der Waals surface area contributed by atoms with Crippen LogP contribution in [0.15, 0.2) is 16.2 Å². The van der Waals surface area contributed by atoms with Crippen LogP contribution in [0.4, 0.5) is 5.95 Å². The lowest BCUT2D eigenvalue weighted by Crippen LogP contribution is -2.02. The van der Waals surface area contributed by atoms with Gasteiger partial charge in [0.25, 0.3) is 9.05 Å². The van der Waals surface area contributed by atoms with Crippen molar-refractivity contribution in [2.24, 2.45) is 4.99 Å². The molecule has 1 aromatic heterocycles. The number of imidazole rings is 1. The smallest absolute Gasteiger partial charge is 0.278 e. The van der Waals surface area contributed by atoms with Gasteiger partial charge in [0.15, 0.2) is 5.03 Å². The molecule has 0 aromatic carbocycles. The zero-order valence-corrected chi connectivity index (χ0v) is 7.38. The first-order valence-corrected chi connectivity index (χ1v) is 5.43. The molecule has 0 saturated heterocycles. The summed E-state index contributed by atoms with van der Waals surface area (Å²) in [7, 11) is 1.45. The Morgan fingerprint density at radius 1 is 1.58 bits per heavy atom. The highest BCUT2D eigenvalue weighted by Gasteiger charge is 2.21.